The molecule has 9 heteroatoms. The first kappa shape index (κ1) is 18.1. The zero-order valence-corrected chi connectivity index (χ0v) is 16.1. The van der Waals surface area contributed by atoms with Crippen molar-refractivity contribution in [3.05, 3.63) is 53.3 Å². The van der Waals surface area contributed by atoms with Gasteiger partial charge in [-0.15, -0.1) is 0 Å². The molecule has 30 heavy (non-hydrogen) atoms. The molecule has 2 atom stereocenters. The van der Waals surface area contributed by atoms with Crippen molar-refractivity contribution in [1.82, 2.24) is 24.9 Å². The van der Waals surface area contributed by atoms with E-state index in [0.717, 1.165) is 42.5 Å². The van der Waals surface area contributed by atoms with Crippen molar-refractivity contribution >= 4 is 22.4 Å². The zero-order valence-electron chi connectivity index (χ0n) is 16.1. The summed E-state index contributed by atoms with van der Waals surface area (Å²) in [6, 6.07) is 11.7. The number of aromatic nitrogens is 5. The maximum atomic E-state index is 12.6. The van der Waals surface area contributed by atoms with Crippen LogP contribution in [-0.4, -0.2) is 24.9 Å². The van der Waals surface area contributed by atoms with Gasteiger partial charge in [0.2, 0.25) is 12.2 Å². The SMILES string of the molecule is N#CC1CCCCC1n1nc(Nc2ccc(-c3ncon3)cc2)c2c(=O)[nH]ccc21. The van der Waals surface area contributed by atoms with Gasteiger partial charge >= 0.3 is 0 Å². The predicted octanol–water partition coefficient (Wildman–Crippen LogP) is 3.77. The van der Waals surface area contributed by atoms with Crippen LogP contribution in [0.1, 0.15) is 31.7 Å². The Labute approximate surface area is 171 Å². The first-order chi connectivity index (χ1) is 14.7. The van der Waals surface area contributed by atoms with Crippen LogP contribution in [0.4, 0.5) is 11.5 Å². The molecule has 9 nitrogen and oxygen atoms in total. The minimum Gasteiger partial charge on any atom is -0.342 e. The average molecular weight is 401 g/mol. The second-order valence-electron chi connectivity index (χ2n) is 7.40. The van der Waals surface area contributed by atoms with Crippen LogP contribution in [0.15, 0.2) is 52.2 Å². The molecule has 4 aromatic rings. The molecular formula is C21H19N7O2. The molecule has 1 aliphatic carbocycles. The first-order valence-electron chi connectivity index (χ1n) is 9.88. The molecule has 0 aliphatic heterocycles. The van der Waals surface area contributed by atoms with Crippen molar-refractivity contribution in [1.29, 1.82) is 5.26 Å². The number of hydrogen-bond acceptors (Lipinski definition) is 7. The lowest BCUT2D eigenvalue weighted by Gasteiger charge is -2.27. The Bertz CT molecular complexity index is 1270. The highest BCUT2D eigenvalue weighted by atomic mass is 16.5. The molecule has 0 saturated heterocycles. The van der Waals surface area contributed by atoms with Gasteiger partial charge in [-0.1, -0.05) is 18.0 Å². The molecule has 2 N–H and O–H groups in total. The number of nitrogens with zero attached hydrogens (tertiary/aromatic N) is 5. The molecule has 0 radical (unpaired) electrons. The predicted molar refractivity (Wildman–Crippen MR) is 110 cm³/mol. The Morgan fingerprint density at radius 2 is 2.03 bits per heavy atom. The van der Waals surface area contributed by atoms with Crippen LogP contribution < -0.4 is 10.9 Å². The summed E-state index contributed by atoms with van der Waals surface area (Å²) in [5.41, 5.74) is 2.12. The van der Waals surface area contributed by atoms with E-state index in [1.54, 1.807) is 6.20 Å². The maximum Gasteiger partial charge on any atom is 0.261 e. The van der Waals surface area contributed by atoms with Crippen molar-refractivity contribution in [2.24, 2.45) is 5.92 Å². The summed E-state index contributed by atoms with van der Waals surface area (Å²) in [7, 11) is 0. The van der Waals surface area contributed by atoms with E-state index in [4.69, 9.17) is 9.62 Å². The van der Waals surface area contributed by atoms with Gasteiger partial charge in [-0.2, -0.15) is 15.3 Å². The lowest BCUT2D eigenvalue weighted by Crippen LogP contribution is -2.23. The molecule has 3 heterocycles. The molecule has 5 rings (SSSR count). The average Bonchev–Trinajstić information content (AvgIpc) is 3.44. The van der Waals surface area contributed by atoms with Gasteiger partial charge < -0.3 is 14.8 Å². The van der Waals surface area contributed by atoms with Crippen molar-refractivity contribution in [2.45, 2.75) is 31.7 Å². The molecule has 2 unspecified atom stereocenters. The largest absolute Gasteiger partial charge is 0.342 e. The van der Waals surface area contributed by atoms with Crippen LogP contribution in [0.25, 0.3) is 22.3 Å². The summed E-state index contributed by atoms with van der Waals surface area (Å²) in [6.45, 7) is 0. The highest BCUT2D eigenvalue weighted by Gasteiger charge is 2.29. The number of anilines is 2. The fourth-order valence-corrected chi connectivity index (χ4v) is 4.13. The summed E-state index contributed by atoms with van der Waals surface area (Å²) in [6.07, 6.45) is 6.73. The number of nitrogens with one attached hydrogen (secondary N) is 2. The van der Waals surface area contributed by atoms with Crippen molar-refractivity contribution < 1.29 is 4.52 Å². The van der Waals surface area contributed by atoms with E-state index >= 15 is 0 Å². The summed E-state index contributed by atoms with van der Waals surface area (Å²) in [5.74, 6) is 0.872. The van der Waals surface area contributed by atoms with Crippen LogP contribution in [0.3, 0.4) is 0 Å². The number of hydrogen-bond donors (Lipinski definition) is 2. The van der Waals surface area contributed by atoms with E-state index in [2.05, 4.69) is 26.5 Å². The maximum absolute atomic E-state index is 12.6. The number of aromatic amines is 1. The number of fused-ring (bicyclic) bond motifs is 1. The molecule has 3 aromatic heterocycles. The third-order valence-corrected chi connectivity index (χ3v) is 5.61. The lowest BCUT2D eigenvalue weighted by molar-refractivity contribution is 0.277. The Morgan fingerprint density at radius 3 is 2.80 bits per heavy atom. The van der Waals surface area contributed by atoms with Crippen molar-refractivity contribution in [2.75, 3.05) is 5.32 Å². The number of nitriles is 1. The summed E-state index contributed by atoms with van der Waals surface area (Å²) < 4.78 is 6.64. The van der Waals surface area contributed by atoms with Crippen LogP contribution in [0, 0.1) is 17.2 Å². The number of rotatable bonds is 4. The van der Waals surface area contributed by atoms with Gasteiger partial charge in [-0.3, -0.25) is 9.48 Å². The number of benzene rings is 1. The summed E-state index contributed by atoms with van der Waals surface area (Å²) in [4.78, 5) is 19.4. The molecule has 1 aromatic carbocycles. The van der Waals surface area contributed by atoms with Gasteiger partial charge in [0, 0.05) is 17.4 Å². The second kappa shape index (κ2) is 7.48. The molecule has 1 fully saturated rings. The van der Waals surface area contributed by atoms with E-state index in [0.29, 0.717) is 17.0 Å². The number of H-pyrrole nitrogens is 1. The summed E-state index contributed by atoms with van der Waals surface area (Å²) >= 11 is 0. The molecule has 1 aliphatic rings. The van der Waals surface area contributed by atoms with E-state index in [9.17, 15) is 10.1 Å². The first-order valence-corrected chi connectivity index (χ1v) is 9.88. The third-order valence-electron chi connectivity index (χ3n) is 5.61. The van der Waals surface area contributed by atoms with Gasteiger partial charge in [0.25, 0.3) is 5.56 Å². The van der Waals surface area contributed by atoms with Crippen LogP contribution in [-0.2, 0) is 0 Å². The fraction of sp³-hybridized carbons (Fsp3) is 0.286. The normalized spacial score (nSPS) is 18.9. The van der Waals surface area contributed by atoms with Crippen LogP contribution in [0.2, 0.25) is 0 Å². The van der Waals surface area contributed by atoms with Gasteiger partial charge in [0.05, 0.1) is 23.5 Å². The van der Waals surface area contributed by atoms with Gasteiger partial charge in [0.1, 0.15) is 5.39 Å². The minimum atomic E-state index is -0.214. The second-order valence-corrected chi connectivity index (χ2v) is 7.40. The van der Waals surface area contributed by atoms with Gasteiger partial charge in [-0.25, -0.2) is 0 Å². The van der Waals surface area contributed by atoms with Gasteiger partial charge in [0.15, 0.2) is 5.82 Å². The molecular weight excluding hydrogens is 382 g/mol. The standard InChI is InChI=1S/C21H19N7O2/c22-11-14-3-1-2-4-16(14)28-17-9-10-23-21(29)18(17)20(26-28)25-15-7-5-13(6-8-15)19-24-12-30-27-19/h5-10,12,14,16H,1-4H2,(H,23,29)(H,25,26). The number of pyridine rings is 1. The summed E-state index contributed by atoms with van der Waals surface area (Å²) in [5, 5.41) is 21.9. The van der Waals surface area contributed by atoms with E-state index in [1.165, 1.54) is 6.39 Å². The van der Waals surface area contributed by atoms with E-state index < -0.39 is 0 Å². The fourth-order valence-electron chi connectivity index (χ4n) is 4.13. The minimum absolute atomic E-state index is 0.0378. The molecule has 0 spiro atoms. The smallest absolute Gasteiger partial charge is 0.261 e. The highest BCUT2D eigenvalue weighted by molar-refractivity contribution is 5.91. The van der Waals surface area contributed by atoms with Crippen LogP contribution >= 0.6 is 0 Å². The van der Waals surface area contributed by atoms with Crippen molar-refractivity contribution in [3.8, 4) is 17.5 Å². The lowest BCUT2D eigenvalue weighted by atomic mass is 9.85. The molecule has 0 bridgehead atoms. The Kier molecular flexibility index (Phi) is 4.52. The molecule has 0 amide bonds. The molecule has 1 saturated carbocycles. The Balaban J connectivity index is 1.53. The Hall–Kier alpha value is -3.93. The van der Waals surface area contributed by atoms with E-state index in [1.807, 2.05) is 35.0 Å². The molecule has 150 valence electrons. The topological polar surface area (TPSA) is 125 Å². The van der Waals surface area contributed by atoms with Crippen molar-refractivity contribution in [3.63, 3.8) is 0 Å². The Morgan fingerprint density at radius 1 is 1.20 bits per heavy atom. The van der Waals surface area contributed by atoms with E-state index in [-0.39, 0.29) is 17.5 Å². The van der Waals surface area contributed by atoms with Crippen LogP contribution in [0.5, 0.6) is 0 Å². The van der Waals surface area contributed by atoms with Gasteiger partial charge in [-0.05, 0) is 43.2 Å². The highest BCUT2D eigenvalue weighted by Crippen LogP contribution is 2.36. The quantitative estimate of drug-likeness (QED) is 0.533. The zero-order chi connectivity index (χ0) is 20.5. The third kappa shape index (κ3) is 3.12. The monoisotopic (exact) mass is 401 g/mol.